The number of ketones is 1. The van der Waals surface area contributed by atoms with Crippen molar-refractivity contribution in [3.63, 3.8) is 0 Å². The van der Waals surface area contributed by atoms with Crippen molar-refractivity contribution >= 4 is 29.1 Å². The van der Waals surface area contributed by atoms with Gasteiger partial charge in [-0.2, -0.15) is 0 Å². The molecule has 1 N–H and O–H groups in total. The molecular formula is C21H20N2O9. The molecule has 32 heavy (non-hydrogen) atoms. The zero-order valence-electron chi connectivity index (χ0n) is 17.2. The first-order valence-electron chi connectivity index (χ1n) is 9.34. The zero-order chi connectivity index (χ0) is 23.8. The molecule has 11 heteroatoms. The predicted octanol–water partition coefficient (Wildman–Crippen LogP) is 2.25. The summed E-state index contributed by atoms with van der Waals surface area (Å²) >= 11 is 0. The number of nitrogens with zero attached hydrogens (tertiary/aromatic N) is 2. The van der Waals surface area contributed by atoms with Gasteiger partial charge in [0.05, 0.1) is 18.6 Å². The van der Waals surface area contributed by atoms with E-state index in [9.17, 15) is 34.9 Å². The number of benzene rings is 2. The van der Waals surface area contributed by atoms with E-state index in [0.717, 1.165) is 19.2 Å². The maximum atomic E-state index is 13.3. The molecule has 0 aliphatic rings. The molecule has 0 bridgehead atoms. The second kappa shape index (κ2) is 10.7. The van der Waals surface area contributed by atoms with E-state index in [1.807, 2.05) is 0 Å². The molecule has 2 aromatic rings. The molecule has 0 heterocycles. The number of methoxy groups -OCH3 is 1. The molecule has 0 amide bonds. The Labute approximate surface area is 182 Å². The van der Waals surface area contributed by atoms with Crippen molar-refractivity contribution in [2.45, 2.75) is 12.8 Å². The monoisotopic (exact) mass is 444 g/mol. The number of hydrogen-bond acceptors (Lipinski definition) is 9. The van der Waals surface area contributed by atoms with Crippen LogP contribution in [0.25, 0.3) is 0 Å². The van der Waals surface area contributed by atoms with Crippen LogP contribution in [0.5, 0.6) is 0 Å². The van der Waals surface area contributed by atoms with Gasteiger partial charge >= 0.3 is 17.7 Å². The summed E-state index contributed by atoms with van der Waals surface area (Å²) in [5.74, 6) is -6.85. The second-order valence-corrected chi connectivity index (χ2v) is 6.44. The summed E-state index contributed by atoms with van der Waals surface area (Å²) in [6.07, 6.45) is 0. The molecule has 0 saturated carbocycles. The minimum absolute atomic E-state index is 0.0561. The SMILES string of the molecule is CCOC(=O)C(C(=O)c1ccccc1)C(/C(C(=O)OC)=[N+](/[O-])O)c1cccc([N+](=O)[O-])c1. The highest BCUT2D eigenvalue weighted by atomic mass is 16.8. The Morgan fingerprint density at radius 2 is 1.72 bits per heavy atom. The third kappa shape index (κ3) is 5.25. The second-order valence-electron chi connectivity index (χ2n) is 6.44. The molecule has 2 aromatic carbocycles. The summed E-state index contributed by atoms with van der Waals surface area (Å²) < 4.78 is 9.56. The molecule has 0 aliphatic heterocycles. The predicted molar refractivity (Wildman–Crippen MR) is 109 cm³/mol. The number of carbonyl (C=O) groups is 3. The van der Waals surface area contributed by atoms with E-state index in [2.05, 4.69) is 4.74 Å². The Morgan fingerprint density at radius 1 is 1.06 bits per heavy atom. The maximum Gasteiger partial charge on any atom is 0.405 e. The number of hydrogen-bond donors (Lipinski definition) is 1. The lowest BCUT2D eigenvalue weighted by atomic mass is 9.78. The Morgan fingerprint density at radius 3 is 2.25 bits per heavy atom. The minimum atomic E-state index is -1.84. The van der Waals surface area contributed by atoms with Crippen LogP contribution in [0.2, 0.25) is 0 Å². The lowest BCUT2D eigenvalue weighted by Crippen LogP contribution is -2.41. The van der Waals surface area contributed by atoms with Gasteiger partial charge in [0.25, 0.3) is 5.69 Å². The summed E-state index contributed by atoms with van der Waals surface area (Å²) in [6.45, 7) is 1.36. The van der Waals surface area contributed by atoms with Gasteiger partial charge in [0.2, 0.25) is 0 Å². The van der Waals surface area contributed by atoms with Gasteiger partial charge in [0.15, 0.2) is 5.78 Å². The fourth-order valence-corrected chi connectivity index (χ4v) is 3.18. The van der Waals surface area contributed by atoms with Crippen molar-refractivity contribution in [3.05, 3.63) is 81.0 Å². The molecule has 2 unspecified atom stereocenters. The van der Waals surface area contributed by atoms with Crippen LogP contribution in [-0.4, -0.2) is 52.2 Å². The smallest absolute Gasteiger partial charge is 0.405 e. The molecular weight excluding hydrogens is 424 g/mol. The van der Waals surface area contributed by atoms with E-state index >= 15 is 0 Å². The summed E-state index contributed by atoms with van der Waals surface area (Å²) in [5, 5.41) is 32.9. The minimum Gasteiger partial charge on any atom is -0.465 e. The summed E-state index contributed by atoms with van der Waals surface area (Å²) in [4.78, 5) is 48.3. The number of non-ortho nitro benzene ring substituents is 1. The topological polar surface area (TPSA) is 159 Å². The largest absolute Gasteiger partial charge is 0.465 e. The van der Waals surface area contributed by atoms with Gasteiger partial charge in [-0.15, -0.1) is 0 Å². The van der Waals surface area contributed by atoms with E-state index in [4.69, 9.17) is 4.74 Å². The summed E-state index contributed by atoms with van der Waals surface area (Å²) in [7, 11) is 0.925. The van der Waals surface area contributed by atoms with E-state index in [1.165, 1.54) is 43.3 Å². The van der Waals surface area contributed by atoms with Crippen LogP contribution in [-0.2, 0) is 19.1 Å². The highest BCUT2D eigenvalue weighted by molar-refractivity contribution is 6.38. The molecule has 11 nitrogen and oxygen atoms in total. The highest BCUT2D eigenvalue weighted by Crippen LogP contribution is 2.33. The number of carbonyl (C=O) groups excluding carboxylic acids is 3. The Bertz CT molecular complexity index is 1050. The quantitative estimate of drug-likeness (QED) is 0.0894. The first-order chi connectivity index (χ1) is 15.2. The van der Waals surface area contributed by atoms with Gasteiger partial charge in [0.1, 0.15) is 11.8 Å². The summed E-state index contributed by atoms with van der Waals surface area (Å²) in [5.41, 5.74) is -1.52. The third-order valence-electron chi connectivity index (χ3n) is 4.55. The van der Waals surface area contributed by atoms with E-state index in [1.54, 1.807) is 6.07 Å². The fourth-order valence-electron chi connectivity index (χ4n) is 3.18. The van der Waals surface area contributed by atoms with E-state index in [0.29, 0.717) is 0 Å². The highest BCUT2D eigenvalue weighted by Gasteiger charge is 2.48. The summed E-state index contributed by atoms with van der Waals surface area (Å²) in [6, 6.07) is 12.2. The van der Waals surface area contributed by atoms with Gasteiger partial charge in [0, 0.05) is 22.6 Å². The van der Waals surface area contributed by atoms with Gasteiger partial charge < -0.3 is 14.7 Å². The molecule has 0 aliphatic carbocycles. The number of esters is 2. The Balaban J connectivity index is 2.83. The van der Waals surface area contributed by atoms with Crippen LogP contribution in [0.15, 0.2) is 54.6 Å². The number of Topliss-reactive ketones (excluding diaryl/α,β-unsaturated/α-hetero) is 1. The maximum absolute atomic E-state index is 13.3. The lowest BCUT2D eigenvalue weighted by Gasteiger charge is -2.23. The van der Waals surface area contributed by atoms with Gasteiger partial charge in [-0.05, 0) is 12.5 Å². The van der Waals surface area contributed by atoms with Crippen molar-refractivity contribution in [3.8, 4) is 0 Å². The molecule has 168 valence electrons. The molecule has 2 atom stereocenters. The lowest BCUT2D eigenvalue weighted by molar-refractivity contribution is -0.726. The Kier molecular flexibility index (Phi) is 7.99. The number of rotatable bonds is 9. The van der Waals surface area contributed by atoms with Crippen LogP contribution >= 0.6 is 0 Å². The standard InChI is InChI=1S/C21H20N2O9/c1-3-32-20(25)17(19(24)13-8-5-4-6-9-13)16(18(23(29)30)21(26)31-2)14-10-7-11-15(12-14)22(27)28/h4-12,16-17H,3H2,1-2H3,(H,29,30). The first kappa shape index (κ1) is 24.0. The van der Waals surface area contributed by atoms with E-state index < -0.39 is 50.8 Å². The van der Waals surface area contributed by atoms with E-state index in [-0.39, 0.29) is 17.7 Å². The molecule has 2 rings (SSSR count). The fraction of sp³-hybridized carbons (Fsp3) is 0.238. The average Bonchev–Trinajstić information content (AvgIpc) is 2.78. The van der Waals surface area contributed by atoms with Crippen LogP contribution in [0, 0.1) is 21.2 Å². The van der Waals surface area contributed by atoms with Crippen molar-refractivity contribution in [2.75, 3.05) is 13.7 Å². The molecule has 0 fully saturated rings. The van der Waals surface area contributed by atoms with Crippen molar-refractivity contribution in [2.24, 2.45) is 5.92 Å². The Hall–Kier alpha value is -4.28. The number of ether oxygens (including phenoxy) is 2. The zero-order valence-corrected chi connectivity index (χ0v) is 17.2. The van der Waals surface area contributed by atoms with Crippen molar-refractivity contribution < 1.29 is 38.9 Å². The van der Waals surface area contributed by atoms with Crippen LogP contribution in [0.1, 0.15) is 28.8 Å². The van der Waals surface area contributed by atoms with Gasteiger partial charge in [-0.3, -0.25) is 24.9 Å². The van der Waals surface area contributed by atoms with Crippen LogP contribution in [0.3, 0.4) is 0 Å². The number of nitro groups is 1. The van der Waals surface area contributed by atoms with Crippen molar-refractivity contribution in [1.82, 2.24) is 0 Å². The van der Waals surface area contributed by atoms with Crippen LogP contribution in [0.4, 0.5) is 5.69 Å². The van der Waals surface area contributed by atoms with Crippen molar-refractivity contribution in [1.29, 1.82) is 0 Å². The average molecular weight is 444 g/mol. The molecule has 0 spiro atoms. The van der Waals surface area contributed by atoms with Gasteiger partial charge in [-0.25, -0.2) is 4.79 Å². The molecule has 0 saturated heterocycles. The first-order valence-corrected chi connectivity index (χ1v) is 9.34. The number of nitro benzene ring substituents is 1. The molecule has 0 aromatic heterocycles. The normalized spacial score (nSPS) is 13.3. The van der Waals surface area contributed by atoms with Crippen LogP contribution < -0.4 is 0 Å². The third-order valence-corrected chi connectivity index (χ3v) is 4.55. The van der Waals surface area contributed by atoms with Gasteiger partial charge in [-0.1, -0.05) is 42.5 Å². The molecule has 0 radical (unpaired) electrons.